The van der Waals surface area contributed by atoms with Crippen molar-refractivity contribution in [2.24, 2.45) is 0 Å². The van der Waals surface area contributed by atoms with E-state index in [2.05, 4.69) is 15.3 Å². The Kier molecular flexibility index (Phi) is 4.49. The van der Waals surface area contributed by atoms with E-state index in [0.717, 1.165) is 11.8 Å². The van der Waals surface area contributed by atoms with Gasteiger partial charge < -0.3 is 21.8 Å². The first kappa shape index (κ1) is 14.9. The van der Waals surface area contributed by atoms with Gasteiger partial charge in [0, 0.05) is 6.07 Å². The molecule has 1 aromatic heterocycles. The number of benzene rings is 1. The van der Waals surface area contributed by atoms with Crippen molar-refractivity contribution in [1.29, 1.82) is 0 Å². The SMILES string of the molecule is CC(Sc1nc(N)cc(=O)[nH]1)C(=O)Nc1ccccc1N. The minimum absolute atomic E-state index is 0.112. The summed E-state index contributed by atoms with van der Waals surface area (Å²) < 4.78 is 0. The fourth-order valence-electron chi connectivity index (χ4n) is 1.58. The first-order valence-corrected chi connectivity index (χ1v) is 7.02. The molecule has 110 valence electrons. The summed E-state index contributed by atoms with van der Waals surface area (Å²) in [4.78, 5) is 29.9. The van der Waals surface area contributed by atoms with Gasteiger partial charge in [0.15, 0.2) is 5.16 Å². The number of nitrogen functional groups attached to an aromatic ring is 2. The number of nitrogens with zero attached hydrogens (tertiary/aromatic N) is 1. The number of amides is 1. The van der Waals surface area contributed by atoms with E-state index in [-0.39, 0.29) is 17.3 Å². The van der Waals surface area contributed by atoms with Crippen LogP contribution in [0.5, 0.6) is 0 Å². The second-order valence-corrected chi connectivity index (χ2v) is 5.64. The first-order valence-electron chi connectivity index (χ1n) is 6.14. The zero-order valence-electron chi connectivity index (χ0n) is 11.3. The summed E-state index contributed by atoms with van der Waals surface area (Å²) in [7, 11) is 0. The van der Waals surface area contributed by atoms with E-state index in [1.54, 1.807) is 31.2 Å². The zero-order valence-corrected chi connectivity index (χ0v) is 12.1. The van der Waals surface area contributed by atoms with Crippen LogP contribution in [0.15, 0.2) is 40.3 Å². The largest absolute Gasteiger partial charge is 0.397 e. The zero-order chi connectivity index (χ0) is 15.4. The Morgan fingerprint density at radius 1 is 1.38 bits per heavy atom. The van der Waals surface area contributed by atoms with Crippen LogP contribution in [0.2, 0.25) is 0 Å². The lowest BCUT2D eigenvalue weighted by atomic mass is 10.2. The van der Waals surface area contributed by atoms with Crippen LogP contribution < -0.4 is 22.3 Å². The summed E-state index contributed by atoms with van der Waals surface area (Å²) in [5.41, 5.74) is 11.9. The van der Waals surface area contributed by atoms with Crippen molar-refractivity contribution in [1.82, 2.24) is 9.97 Å². The van der Waals surface area contributed by atoms with E-state index < -0.39 is 5.25 Å². The van der Waals surface area contributed by atoms with Gasteiger partial charge in [-0.25, -0.2) is 4.98 Å². The normalized spacial score (nSPS) is 11.9. The van der Waals surface area contributed by atoms with Gasteiger partial charge in [0.2, 0.25) is 5.91 Å². The van der Waals surface area contributed by atoms with Crippen molar-refractivity contribution < 1.29 is 4.79 Å². The van der Waals surface area contributed by atoms with Gasteiger partial charge in [-0.05, 0) is 19.1 Å². The summed E-state index contributed by atoms with van der Waals surface area (Å²) in [5, 5.41) is 2.54. The highest BCUT2D eigenvalue weighted by molar-refractivity contribution is 8.00. The first-order chi connectivity index (χ1) is 9.95. The average molecular weight is 305 g/mol. The van der Waals surface area contributed by atoms with Crippen LogP contribution in [0.1, 0.15) is 6.92 Å². The molecule has 21 heavy (non-hydrogen) atoms. The maximum Gasteiger partial charge on any atom is 0.253 e. The van der Waals surface area contributed by atoms with Crippen molar-refractivity contribution in [3.8, 4) is 0 Å². The Balaban J connectivity index is 2.06. The molecule has 0 bridgehead atoms. The molecule has 1 aromatic carbocycles. The smallest absolute Gasteiger partial charge is 0.253 e. The number of carbonyl (C=O) groups excluding carboxylic acids is 1. The van der Waals surface area contributed by atoms with Crippen LogP contribution >= 0.6 is 11.8 Å². The number of thioether (sulfide) groups is 1. The van der Waals surface area contributed by atoms with Crippen LogP contribution in [0.3, 0.4) is 0 Å². The molecular weight excluding hydrogens is 290 g/mol. The molecule has 2 aromatic rings. The molecule has 1 unspecified atom stereocenters. The highest BCUT2D eigenvalue weighted by atomic mass is 32.2. The number of H-pyrrole nitrogens is 1. The van der Waals surface area contributed by atoms with Crippen LogP contribution in [-0.2, 0) is 4.79 Å². The van der Waals surface area contributed by atoms with Crippen molar-refractivity contribution in [2.75, 3.05) is 16.8 Å². The number of aromatic amines is 1. The van der Waals surface area contributed by atoms with Gasteiger partial charge in [-0.1, -0.05) is 23.9 Å². The van der Waals surface area contributed by atoms with E-state index in [1.165, 1.54) is 6.07 Å². The molecule has 0 aliphatic rings. The lowest BCUT2D eigenvalue weighted by molar-refractivity contribution is -0.115. The number of carbonyl (C=O) groups is 1. The molecular formula is C13H15N5O2S. The number of rotatable bonds is 4. The Morgan fingerprint density at radius 2 is 2.10 bits per heavy atom. The summed E-state index contributed by atoms with van der Waals surface area (Å²) in [6.45, 7) is 1.70. The van der Waals surface area contributed by atoms with Gasteiger partial charge in [-0.3, -0.25) is 9.59 Å². The molecule has 0 saturated carbocycles. The highest BCUT2D eigenvalue weighted by Crippen LogP contribution is 2.22. The van der Waals surface area contributed by atoms with E-state index in [4.69, 9.17) is 11.5 Å². The molecule has 1 heterocycles. The van der Waals surface area contributed by atoms with Crippen LogP contribution in [0.4, 0.5) is 17.2 Å². The fraction of sp³-hybridized carbons (Fsp3) is 0.154. The topological polar surface area (TPSA) is 127 Å². The molecule has 8 heteroatoms. The quantitative estimate of drug-likeness (QED) is 0.380. The third-order valence-electron chi connectivity index (χ3n) is 2.62. The fourth-order valence-corrected chi connectivity index (χ4v) is 2.39. The molecule has 0 radical (unpaired) electrons. The minimum atomic E-state index is -0.477. The monoisotopic (exact) mass is 305 g/mol. The average Bonchev–Trinajstić information content (AvgIpc) is 2.40. The Labute approximate surface area is 125 Å². The molecule has 0 saturated heterocycles. The number of aromatic nitrogens is 2. The van der Waals surface area contributed by atoms with E-state index in [0.29, 0.717) is 16.5 Å². The third-order valence-corrected chi connectivity index (χ3v) is 3.60. The molecule has 0 fully saturated rings. The minimum Gasteiger partial charge on any atom is -0.397 e. The van der Waals surface area contributed by atoms with E-state index in [1.807, 2.05) is 0 Å². The second kappa shape index (κ2) is 6.31. The van der Waals surface area contributed by atoms with Crippen LogP contribution in [-0.4, -0.2) is 21.1 Å². The number of nitrogens with two attached hydrogens (primary N) is 2. The van der Waals surface area contributed by atoms with Crippen molar-refractivity contribution in [2.45, 2.75) is 17.3 Å². The van der Waals surface area contributed by atoms with Gasteiger partial charge in [0.1, 0.15) is 5.82 Å². The second-order valence-electron chi connectivity index (χ2n) is 4.31. The molecule has 6 N–H and O–H groups in total. The molecule has 1 atom stereocenters. The lowest BCUT2D eigenvalue weighted by Crippen LogP contribution is -2.23. The molecule has 0 aliphatic carbocycles. The number of anilines is 3. The third kappa shape index (κ3) is 3.99. The summed E-state index contributed by atoms with van der Waals surface area (Å²) >= 11 is 1.11. The summed E-state index contributed by atoms with van der Waals surface area (Å²) in [6, 6.07) is 8.15. The Bertz CT molecular complexity index is 716. The summed E-state index contributed by atoms with van der Waals surface area (Å²) in [6.07, 6.45) is 0. The Morgan fingerprint density at radius 3 is 2.76 bits per heavy atom. The lowest BCUT2D eigenvalue weighted by Gasteiger charge is -2.12. The van der Waals surface area contributed by atoms with Crippen LogP contribution in [0.25, 0.3) is 0 Å². The maximum atomic E-state index is 12.1. The number of nitrogens with one attached hydrogen (secondary N) is 2. The predicted octanol–water partition coefficient (Wildman–Crippen LogP) is 1.05. The van der Waals surface area contributed by atoms with E-state index in [9.17, 15) is 9.59 Å². The van der Waals surface area contributed by atoms with Gasteiger partial charge in [0.05, 0.1) is 16.6 Å². The molecule has 2 rings (SSSR count). The van der Waals surface area contributed by atoms with Gasteiger partial charge in [0.25, 0.3) is 5.56 Å². The molecule has 0 spiro atoms. The molecule has 0 aliphatic heterocycles. The Hall–Kier alpha value is -2.48. The van der Waals surface area contributed by atoms with E-state index >= 15 is 0 Å². The molecule has 1 amide bonds. The van der Waals surface area contributed by atoms with Gasteiger partial charge in [-0.2, -0.15) is 0 Å². The standard InChI is InChI=1S/C13H15N5O2S/c1-7(21-13-17-10(15)6-11(19)18-13)12(20)16-9-5-3-2-4-8(9)14/h2-7H,14H2,1H3,(H,16,20)(H3,15,17,18,19). The van der Waals surface area contributed by atoms with Crippen molar-refractivity contribution in [3.05, 3.63) is 40.7 Å². The number of hydrogen-bond acceptors (Lipinski definition) is 6. The highest BCUT2D eigenvalue weighted by Gasteiger charge is 2.17. The molecule has 7 nitrogen and oxygen atoms in total. The number of para-hydroxylation sites is 2. The number of hydrogen-bond donors (Lipinski definition) is 4. The predicted molar refractivity (Wildman–Crippen MR) is 84.1 cm³/mol. The van der Waals surface area contributed by atoms with Gasteiger partial charge in [-0.15, -0.1) is 0 Å². The summed E-state index contributed by atoms with van der Waals surface area (Å²) in [5.74, 6) is -0.135. The van der Waals surface area contributed by atoms with Crippen molar-refractivity contribution >= 4 is 34.9 Å². The maximum absolute atomic E-state index is 12.1. The van der Waals surface area contributed by atoms with Crippen LogP contribution in [0, 0.1) is 0 Å². The van der Waals surface area contributed by atoms with Crippen molar-refractivity contribution in [3.63, 3.8) is 0 Å². The van der Waals surface area contributed by atoms with Gasteiger partial charge >= 0.3 is 0 Å².